The van der Waals surface area contributed by atoms with Gasteiger partial charge in [0.15, 0.2) is 0 Å². The van der Waals surface area contributed by atoms with E-state index in [0.717, 1.165) is 0 Å². The SMILES string of the molecule is CCN(CC)C(=O)n1cc(C#N)c(Sc2cc(Cl)ccc2Cl)n1. The van der Waals surface area contributed by atoms with E-state index < -0.39 is 0 Å². The van der Waals surface area contributed by atoms with E-state index in [0.29, 0.717) is 38.6 Å². The molecule has 0 N–H and O–H groups in total. The molecule has 1 aromatic heterocycles. The van der Waals surface area contributed by atoms with Crippen LogP contribution < -0.4 is 0 Å². The van der Waals surface area contributed by atoms with Crippen LogP contribution in [0.2, 0.25) is 10.0 Å². The molecular weight excluding hydrogens is 355 g/mol. The monoisotopic (exact) mass is 368 g/mol. The number of nitriles is 1. The summed E-state index contributed by atoms with van der Waals surface area (Å²) in [7, 11) is 0. The summed E-state index contributed by atoms with van der Waals surface area (Å²) in [5.41, 5.74) is 0.312. The van der Waals surface area contributed by atoms with Crippen LogP contribution in [0.15, 0.2) is 34.3 Å². The summed E-state index contributed by atoms with van der Waals surface area (Å²) < 4.78 is 1.19. The number of aromatic nitrogens is 2. The van der Waals surface area contributed by atoms with Crippen LogP contribution in [0.3, 0.4) is 0 Å². The fraction of sp³-hybridized carbons (Fsp3) is 0.267. The maximum atomic E-state index is 12.3. The minimum Gasteiger partial charge on any atom is -0.323 e. The Kier molecular flexibility index (Phi) is 5.94. The van der Waals surface area contributed by atoms with Crippen molar-refractivity contribution in [3.63, 3.8) is 0 Å². The predicted molar refractivity (Wildman–Crippen MR) is 91.2 cm³/mol. The first-order valence-electron chi connectivity index (χ1n) is 6.92. The van der Waals surface area contributed by atoms with E-state index in [4.69, 9.17) is 23.2 Å². The van der Waals surface area contributed by atoms with Gasteiger partial charge in [0.05, 0.1) is 11.2 Å². The summed E-state index contributed by atoms with van der Waals surface area (Å²) in [4.78, 5) is 14.6. The van der Waals surface area contributed by atoms with E-state index >= 15 is 0 Å². The molecule has 120 valence electrons. The zero-order valence-electron chi connectivity index (χ0n) is 12.6. The Morgan fingerprint density at radius 3 is 2.70 bits per heavy atom. The molecule has 5 nitrogen and oxygen atoms in total. The third-order valence-corrected chi connectivity index (χ3v) is 4.86. The molecule has 1 aromatic carbocycles. The zero-order valence-corrected chi connectivity index (χ0v) is 14.9. The lowest BCUT2D eigenvalue weighted by atomic mass is 10.4. The molecule has 0 aliphatic heterocycles. The van der Waals surface area contributed by atoms with Gasteiger partial charge in [-0.25, -0.2) is 4.79 Å². The fourth-order valence-corrected chi connectivity index (χ4v) is 3.27. The van der Waals surface area contributed by atoms with Gasteiger partial charge in [0, 0.05) is 23.0 Å². The summed E-state index contributed by atoms with van der Waals surface area (Å²) in [6, 6.07) is 6.84. The van der Waals surface area contributed by atoms with Crippen LogP contribution in [0.5, 0.6) is 0 Å². The number of halogens is 2. The molecule has 0 aliphatic rings. The summed E-state index contributed by atoms with van der Waals surface area (Å²) in [6.07, 6.45) is 1.43. The minimum atomic E-state index is -0.268. The molecule has 1 heterocycles. The topological polar surface area (TPSA) is 61.9 Å². The highest BCUT2D eigenvalue weighted by atomic mass is 35.5. The van der Waals surface area contributed by atoms with Crippen LogP contribution >= 0.6 is 35.0 Å². The molecule has 2 aromatic rings. The second-order valence-corrected chi connectivity index (χ2v) is 6.41. The highest BCUT2D eigenvalue weighted by Gasteiger charge is 2.18. The molecule has 23 heavy (non-hydrogen) atoms. The zero-order chi connectivity index (χ0) is 17.0. The summed E-state index contributed by atoms with van der Waals surface area (Å²) >= 11 is 13.3. The Hall–Kier alpha value is -1.68. The van der Waals surface area contributed by atoms with Crippen molar-refractivity contribution in [1.82, 2.24) is 14.7 Å². The Balaban J connectivity index is 2.35. The Labute approximate surface area is 148 Å². The Morgan fingerprint density at radius 1 is 1.39 bits per heavy atom. The van der Waals surface area contributed by atoms with E-state index in [2.05, 4.69) is 5.10 Å². The van der Waals surface area contributed by atoms with Crippen molar-refractivity contribution in [2.24, 2.45) is 0 Å². The van der Waals surface area contributed by atoms with Crippen molar-refractivity contribution in [3.8, 4) is 6.07 Å². The Bertz CT molecular complexity index is 765. The van der Waals surface area contributed by atoms with E-state index in [1.165, 1.54) is 22.6 Å². The molecule has 0 saturated carbocycles. The number of hydrogen-bond donors (Lipinski definition) is 0. The van der Waals surface area contributed by atoms with E-state index in [1.807, 2.05) is 19.9 Å². The smallest absolute Gasteiger partial charge is 0.323 e. The fourth-order valence-electron chi connectivity index (χ4n) is 1.91. The standard InChI is InChI=1S/C15H14Cl2N4OS/c1-3-20(4-2)15(22)21-9-10(8-18)14(19-21)23-13-7-11(16)5-6-12(13)17/h5-7,9H,3-4H2,1-2H3. The van der Waals surface area contributed by atoms with E-state index in [-0.39, 0.29) is 6.03 Å². The average Bonchev–Trinajstić information content (AvgIpc) is 2.95. The number of benzene rings is 1. The van der Waals surface area contributed by atoms with Gasteiger partial charge in [-0.05, 0) is 32.0 Å². The molecule has 0 atom stereocenters. The van der Waals surface area contributed by atoms with Crippen molar-refractivity contribution < 1.29 is 4.79 Å². The van der Waals surface area contributed by atoms with Gasteiger partial charge < -0.3 is 4.90 Å². The third-order valence-electron chi connectivity index (χ3n) is 3.13. The van der Waals surface area contributed by atoms with Gasteiger partial charge in [-0.3, -0.25) is 0 Å². The van der Waals surface area contributed by atoms with Crippen molar-refractivity contribution in [2.45, 2.75) is 23.8 Å². The number of carbonyl (C=O) groups excluding carboxylic acids is 1. The van der Waals surface area contributed by atoms with Gasteiger partial charge in [-0.1, -0.05) is 35.0 Å². The molecule has 0 radical (unpaired) electrons. The number of amides is 1. The normalized spacial score (nSPS) is 10.4. The number of carbonyl (C=O) groups is 1. The largest absolute Gasteiger partial charge is 0.344 e. The second kappa shape index (κ2) is 7.73. The van der Waals surface area contributed by atoms with Gasteiger partial charge in [-0.2, -0.15) is 15.0 Å². The summed E-state index contributed by atoms with van der Waals surface area (Å²) in [5, 5.41) is 15.0. The highest BCUT2D eigenvalue weighted by molar-refractivity contribution is 7.99. The molecular formula is C15H14Cl2N4OS. The molecule has 0 unspecified atom stereocenters. The van der Waals surface area contributed by atoms with E-state index in [1.54, 1.807) is 23.1 Å². The predicted octanol–water partition coefficient (Wildman–Crippen LogP) is 4.52. The lowest BCUT2D eigenvalue weighted by molar-refractivity contribution is 0.201. The molecule has 0 bridgehead atoms. The molecule has 0 spiro atoms. The van der Waals surface area contributed by atoms with Crippen molar-refractivity contribution >= 4 is 41.0 Å². The first-order chi connectivity index (χ1) is 11.0. The van der Waals surface area contributed by atoms with Crippen LogP contribution in [0.25, 0.3) is 0 Å². The quantitative estimate of drug-likeness (QED) is 0.795. The molecule has 0 aliphatic carbocycles. The second-order valence-electron chi connectivity index (χ2n) is 4.54. The maximum absolute atomic E-state index is 12.3. The highest BCUT2D eigenvalue weighted by Crippen LogP contribution is 2.35. The minimum absolute atomic E-state index is 0.268. The lowest BCUT2D eigenvalue weighted by Gasteiger charge is -2.17. The third kappa shape index (κ3) is 3.99. The molecule has 1 amide bonds. The first-order valence-corrected chi connectivity index (χ1v) is 8.49. The first kappa shape index (κ1) is 17.7. The average molecular weight is 369 g/mol. The lowest BCUT2D eigenvalue weighted by Crippen LogP contribution is -2.34. The van der Waals surface area contributed by atoms with Crippen molar-refractivity contribution in [2.75, 3.05) is 13.1 Å². The summed E-state index contributed by atoms with van der Waals surface area (Å²) in [6.45, 7) is 4.91. The van der Waals surface area contributed by atoms with Gasteiger partial charge in [0.25, 0.3) is 0 Å². The van der Waals surface area contributed by atoms with Crippen molar-refractivity contribution in [1.29, 1.82) is 5.26 Å². The van der Waals surface area contributed by atoms with Crippen LogP contribution in [-0.2, 0) is 0 Å². The number of rotatable bonds is 4. The number of hydrogen-bond acceptors (Lipinski definition) is 4. The molecule has 2 rings (SSSR count). The van der Waals surface area contributed by atoms with Gasteiger partial charge in [0.2, 0.25) is 0 Å². The van der Waals surface area contributed by atoms with Crippen LogP contribution in [0.1, 0.15) is 19.4 Å². The van der Waals surface area contributed by atoms with Crippen LogP contribution in [0, 0.1) is 11.3 Å². The summed E-state index contributed by atoms with van der Waals surface area (Å²) in [5.74, 6) is 0. The van der Waals surface area contributed by atoms with Gasteiger partial charge in [0.1, 0.15) is 16.7 Å². The Morgan fingerprint density at radius 2 is 2.09 bits per heavy atom. The molecule has 0 fully saturated rings. The van der Waals surface area contributed by atoms with Gasteiger partial charge in [-0.15, -0.1) is 0 Å². The van der Waals surface area contributed by atoms with E-state index in [9.17, 15) is 10.1 Å². The van der Waals surface area contributed by atoms with Gasteiger partial charge >= 0.3 is 6.03 Å². The van der Waals surface area contributed by atoms with Crippen molar-refractivity contribution in [3.05, 3.63) is 40.0 Å². The maximum Gasteiger partial charge on any atom is 0.344 e. The number of nitrogens with zero attached hydrogens (tertiary/aromatic N) is 4. The van der Waals surface area contributed by atoms with Crippen LogP contribution in [0.4, 0.5) is 4.79 Å². The molecule has 8 heteroatoms. The van der Waals surface area contributed by atoms with Crippen LogP contribution in [-0.4, -0.2) is 33.8 Å². The molecule has 0 saturated heterocycles.